The van der Waals surface area contributed by atoms with Crippen molar-refractivity contribution in [3.8, 4) is 0 Å². The van der Waals surface area contributed by atoms with Gasteiger partial charge in [0, 0.05) is 12.0 Å². The molecule has 0 aromatic carbocycles. The number of nitrogens with zero attached hydrogens (tertiary/aromatic N) is 2. The third-order valence-corrected chi connectivity index (χ3v) is 2.39. The van der Waals surface area contributed by atoms with Crippen molar-refractivity contribution in [3.05, 3.63) is 21.7 Å². The van der Waals surface area contributed by atoms with E-state index in [0.717, 1.165) is 24.8 Å². The summed E-state index contributed by atoms with van der Waals surface area (Å²) < 4.78 is 0. The first-order valence-electron chi connectivity index (χ1n) is 4.39. The van der Waals surface area contributed by atoms with E-state index in [2.05, 4.69) is 16.9 Å². The Balaban J connectivity index is 3.07. The molecule has 0 aliphatic heterocycles. The van der Waals surface area contributed by atoms with Gasteiger partial charge in [-0.3, -0.25) is 0 Å². The van der Waals surface area contributed by atoms with Crippen molar-refractivity contribution in [2.75, 3.05) is 0 Å². The molecule has 1 heterocycles. The summed E-state index contributed by atoms with van der Waals surface area (Å²) >= 11 is 11.9. The molecule has 13 heavy (non-hydrogen) atoms. The summed E-state index contributed by atoms with van der Waals surface area (Å²) in [6.07, 6.45) is 2.59. The third kappa shape index (κ3) is 2.55. The summed E-state index contributed by atoms with van der Waals surface area (Å²) in [5, 5.41) is 0.998. The maximum Gasteiger partial charge on any atom is 0.137 e. The fraction of sp³-hybridized carbons (Fsp3) is 0.556. The van der Waals surface area contributed by atoms with Crippen molar-refractivity contribution in [2.45, 2.75) is 33.1 Å². The molecular formula is C9H12Cl2N2. The average molecular weight is 219 g/mol. The molecule has 0 atom stereocenters. The van der Waals surface area contributed by atoms with Gasteiger partial charge in [-0.2, -0.15) is 0 Å². The van der Waals surface area contributed by atoms with E-state index >= 15 is 0 Å². The minimum atomic E-state index is 0.499. The van der Waals surface area contributed by atoms with Crippen LogP contribution in [0.4, 0.5) is 0 Å². The smallest absolute Gasteiger partial charge is 0.137 e. The Hall–Kier alpha value is -0.340. The number of aryl methyl sites for hydroxylation is 1. The highest BCUT2D eigenvalue weighted by molar-refractivity contribution is 6.34. The maximum atomic E-state index is 5.96. The average Bonchev–Trinajstić information content (AvgIpc) is 2.11. The van der Waals surface area contributed by atoms with Gasteiger partial charge < -0.3 is 0 Å². The van der Waals surface area contributed by atoms with E-state index in [-0.39, 0.29) is 0 Å². The SMILES string of the molecule is CCCc1c(Cl)nc(CC)nc1Cl. The molecule has 0 radical (unpaired) electrons. The van der Waals surface area contributed by atoms with E-state index in [0.29, 0.717) is 16.1 Å². The Labute approximate surface area is 88.3 Å². The molecule has 0 N–H and O–H groups in total. The lowest BCUT2D eigenvalue weighted by Gasteiger charge is -2.05. The van der Waals surface area contributed by atoms with Gasteiger partial charge in [0.05, 0.1) is 0 Å². The normalized spacial score (nSPS) is 10.5. The molecule has 0 aliphatic carbocycles. The zero-order chi connectivity index (χ0) is 9.84. The van der Waals surface area contributed by atoms with E-state index in [1.165, 1.54) is 0 Å². The van der Waals surface area contributed by atoms with Gasteiger partial charge in [0.2, 0.25) is 0 Å². The lowest BCUT2D eigenvalue weighted by atomic mass is 10.2. The Bertz CT molecular complexity index is 277. The van der Waals surface area contributed by atoms with Crippen molar-refractivity contribution < 1.29 is 0 Å². The van der Waals surface area contributed by atoms with Crippen LogP contribution in [0.25, 0.3) is 0 Å². The van der Waals surface area contributed by atoms with E-state index in [4.69, 9.17) is 23.2 Å². The minimum Gasteiger partial charge on any atom is -0.221 e. The van der Waals surface area contributed by atoms with Crippen molar-refractivity contribution in [1.29, 1.82) is 0 Å². The number of aromatic nitrogens is 2. The summed E-state index contributed by atoms with van der Waals surface area (Å²) in [4.78, 5) is 8.28. The zero-order valence-corrected chi connectivity index (χ0v) is 9.28. The molecule has 1 aromatic rings. The summed E-state index contributed by atoms with van der Waals surface area (Å²) in [5.41, 5.74) is 0.864. The predicted molar refractivity (Wildman–Crippen MR) is 55.4 cm³/mol. The fourth-order valence-electron chi connectivity index (χ4n) is 1.09. The largest absolute Gasteiger partial charge is 0.221 e. The summed E-state index contributed by atoms with van der Waals surface area (Å²) in [6, 6.07) is 0. The van der Waals surface area contributed by atoms with Crippen molar-refractivity contribution >= 4 is 23.2 Å². The molecular weight excluding hydrogens is 207 g/mol. The van der Waals surface area contributed by atoms with E-state index in [1.54, 1.807) is 0 Å². The molecule has 0 saturated carbocycles. The predicted octanol–water partition coefficient (Wildman–Crippen LogP) is 3.30. The zero-order valence-electron chi connectivity index (χ0n) is 7.77. The Morgan fingerprint density at radius 3 is 2.00 bits per heavy atom. The van der Waals surface area contributed by atoms with Crippen LogP contribution in [-0.2, 0) is 12.8 Å². The number of halogens is 2. The standard InChI is InChI=1S/C9H12Cl2N2/c1-3-5-6-8(10)12-7(4-2)13-9(6)11/h3-5H2,1-2H3. The fourth-order valence-corrected chi connectivity index (χ4v) is 1.70. The van der Waals surface area contributed by atoms with Gasteiger partial charge in [-0.05, 0) is 6.42 Å². The van der Waals surface area contributed by atoms with Crippen LogP contribution in [0.15, 0.2) is 0 Å². The first-order valence-corrected chi connectivity index (χ1v) is 5.15. The van der Waals surface area contributed by atoms with Gasteiger partial charge in [0.25, 0.3) is 0 Å². The maximum absolute atomic E-state index is 5.96. The molecule has 4 heteroatoms. The topological polar surface area (TPSA) is 25.8 Å². The number of hydrogen-bond donors (Lipinski definition) is 0. The van der Waals surface area contributed by atoms with E-state index < -0.39 is 0 Å². The third-order valence-electron chi connectivity index (χ3n) is 1.77. The van der Waals surface area contributed by atoms with Crippen LogP contribution >= 0.6 is 23.2 Å². The monoisotopic (exact) mass is 218 g/mol. The molecule has 0 bridgehead atoms. The van der Waals surface area contributed by atoms with Gasteiger partial charge >= 0.3 is 0 Å². The van der Waals surface area contributed by atoms with Crippen LogP contribution in [0, 0.1) is 0 Å². The highest BCUT2D eigenvalue weighted by Gasteiger charge is 2.09. The highest BCUT2D eigenvalue weighted by atomic mass is 35.5. The Kier molecular flexibility index (Phi) is 3.94. The van der Waals surface area contributed by atoms with Crippen LogP contribution in [0.1, 0.15) is 31.7 Å². The molecule has 1 aromatic heterocycles. The van der Waals surface area contributed by atoms with E-state index in [9.17, 15) is 0 Å². The second-order valence-electron chi connectivity index (χ2n) is 2.80. The molecule has 72 valence electrons. The van der Waals surface area contributed by atoms with Crippen molar-refractivity contribution in [3.63, 3.8) is 0 Å². The molecule has 0 amide bonds. The van der Waals surface area contributed by atoms with E-state index in [1.807, 2.05) is 6.92 Å². The highest BCUT2D eigenvalue weighted by Crippen LogP contribution is 2.22. The Morgan fingerprint density at radius 2 is 1.62 bits per heavy atom. The minimum absolute atomic E-state index is 0.499. The lowest BCUT2D eigenvalue weighted by molar-refractivity contribution is 0.869. The van der Waals surface area contributed by atoms with Gasteiger partial charge in [-0.1, -0.05) is 43.5 Å². The summed E-state index contributed by atoms with van der Waals surface area (Å²) in [6.45, 7) is 4.04. The Morgan fingerprint density at radius 1 is 1.08 bits per heavy atom. The molecule has 0 aliphatic rings. The van der Waals surface area contributed by atoms with Crippen LogP contribution in [0.5, 0.6) is 0 Å². The van der Waals surface area contributed by atoms with Gasteiger partial charge in [0.1, 0.15) is 16.1 Å². The van der Waals surface area contributed by atoms with Crippen LogP contribution in [0.3, 0.4) is 0 Å². The second kappa shape index (κ2) is 4.77. The summed E-state index contributed by atoms with van der Waals surface area (Å²) in [7, 11) is 0. The number of rotatable bonds is 3. The van der Waals surface area contributed by atoms with Crippen molar-refractivity contribution in [1.82, 2.24) is 9.97 Å². The van der Waals surface area contributed by atoms with Crippen LogP contribution < -0.4 is 0 Å². The molecule has 0 spiro atoms. The summed E-state index contributed by atoms with van der Waals surface area (Å²) in [5.74, 6) is 0.704. The van der Waals surface area contributed by atoms with Gasteiger partial charge in [-0.15, -0.1) is 0 Å². The lowest BCUT2D eigenvalue weighted by Crippen LogP contribution is -1.99. The van der Waals surface area contributed by atoms with Gasteiger partial charge in [-0.25, -0.2) is 9.97 Å². The molecule has 0 fully saturated rings. The van der Waals surface area contributed by atoms with Gasteiger partial charge in [0.15, 0.2) is 0 Å². The molecule has 0 unspecified atom stereocenters. The van der Waals surface area contributed by atoms with Crippen LogP contribution in [0.2, 0.25) is 10.3 Å². The first kappa shape index (κ1) is 10.7. The van der Waals surface area contributed by atoms with Crippen molar-refractivity contribution in [2.24, 2.45) is 0 Å². The molecule has 2 nitrogen and oxygen atoms in total. The van der Waals surface area contributed by atoms with Crippen LogP contribution in [-0.4, -0.2) is 9.97 Å². The first-order chi connectivity index (χ1) is 6.19. The quantitative estimate of drug-likeness (QED) is 0.729. The number of hydrogen-bond acceptors (Lipinski definition) is 2. The molecule has 1 rings (SSSR count). The molecule has 0 saturated heterocycles. The second-order valence-corrected chi connectivity index (χ2v) is 3.52.